The standard InChI is InChI=1S/C18H23N3O12/c1-2-28-10-33-15(24)5-21-17(26)19(3-13(22)31-8-11-6-29-11)16(25)20(18(21)27)4-14(23)32-9-12-7-30-12/h11-12H,2-10H2,1H3. The Labute approximate surface area is 185 Å². The van der Waals surface area contributed by atoms with E-state index >= 15 is 0 Å². The highest BCUT2D eigenvalue weighted by Gasteiger charge is 2.27. The molecule has 2 aliphatic rings. The minimum Gasteiger partial charge on any atom is -0.461 e. The predicted molar refractivity (Wildman–Crippen MR) is 103 cm³/mol. The number of rotatable bonds is 13. The zero-order chi connectivity index (χ0) is 24.0. The highest BCUT2D eigenvalue weighted by Crippen LogP contribution is 2.09. The third-order valence-corrected chi connectivity index (χ3v) is 4.42. The molecule has 2 fully saturated rings. The summed E-state index contributed by atoms with van der Waals surface area (Å²) in [5.74, 6) is -2.91. The van der Waals surface area contributed by atoms with Crippen LogP contribution in [0.1, 0.15) is 6.92 Å². The van der Waals surface area contributed by atoms with E-state index in [0.717, 1.165) is 0 Å². The van der Waals surface area contributed by atoms with Crippen LogP contribution in [0.2, 0.25) is 0 Å². The molecule has 15 heteroatoms. The average Bonchev–Trinajstić information content (AvgIpc) is 3.69. The number of aromatic nitrogens is 3. The zero-order valence-corrected chi connectivity index (χ0v) is 17.8. The molecule has 15 nitrogen and oxygen atoms in total. The first-order chi connectivity index (χ1) is 15.8. The summed E-state index contributed by atoms with van der Waals surface area (Å²) in [6.07, 6.45) is -0.497. The predicted octanol–water partition coefficient (Wildman–Crippen LogP) is -3.41. The number of hydrogen-bond acceptors (Lipinski definition) is 12. The Balaban J connectivity index is 1.85. The summed E-state index contributed by atoms with van der Waals surface area (Å²) in [4.78, 5) is 74.4. The highest BCUT2D eigenvalue weighted by atomic mass is 16.7. The summed E-state index contributed by atoms with van der Waals surface area (Å²) in [5, 5.41) is 0. The van der Waals surface area contributed by atoms with Gasteiger partial charge in [-0.05, 0) is 6.92 Å². The van der Waals surface area contributed by atoms with Gasteiger partial charge in [-0.15, -0.1) is 0 Å². The van der Waals surface area contributed by atoms with Crippen molar-refractivity contribution in [2.75, 3.05) is 39.8 Å². The van der Waals surface area contributed by atoms with Crippen molar-refractivity contribution in [1.29, 1.82) is 0 Å². The second-order valence-electron chi connectivity index (χ2n) is 7.01. The van der Waals surface area contributed by atoms with Crippen LogP contribution in [0, 0.1) is 0 Å². The summed E-state index contributed by atoms with van der Waals surface area (Å²) >= 11 is 0. The first-order valence-corrected chi connectivity index (χ1v) is 10.0. The largest absolute Gasteiger partial charge is 0.461 e. The lowest BCUT2D eigenvalue weighted by Gasteiger charge is -2.13. The number of carbonyl (C=O) groups is 3. The number of carbonyl (C=O) groups excluding carboxylic acids is 3. The van der Waals surface area contributed by atoms with Crippen LogP contribution in [-0.4, -0.2) is 83.6 Å². The molecule has 0 spiro atoms. The summed E-state index contributed by atoms with van der Waals surface area (Å²) in [7, 11) is 0. The van der Waals surface area contributed by atoms with Crippen LogP contribution in [0.15, 0.2) is 14.4 Å². The molecule has 182 valence electrons. The SMILES string of the molecule is CCOCOC(=O)Cn1c(=O)n(CC(=O)OCC2CO2)c(=O)n(CC(=O)OCC2CO2)c1=O. The van der Waals surface area contributed by atoms with E-state index in [-0.39, 0.29) is 32.0 Å². The molecular formula is C18H23N3O12. The van der Waals surface area contributed by atoms with Crippen molar-refractivity contribution in [3.8, 4) is 0 Å². The first kappa shape index (κ1) is 24.3. The molecule has 2 unspecified atom stereocenters. The average molecular weight is 473 g/mol. The third kappa shape index (κ3) is 7.10. The number of nitrogens with zero attached hydrogens (tertiary/aromatic N) is 3. The van der Waals surface area contributed by atoms with E-state index in [1.54, 1.807) is 6.92 Å². The van der Waals surface area contributed by atoms with Crippen molar-refractivity contribution in [3.63, 3.8) is 0 Å². The fourth-order valence-electron chi connectivity index (χ4n) is 2.50. The molecule has 1 aromatic heterocycles. The van der Waals surface area contributed by atoms with Crippen molar-refractivity contribution in [2.45, 2.75) is 38.8 Å². The Hall–Kier alpha value is -3.30. The van der Waals surface area contributed by atoms with Gasteiger partial charge in [0.1, 0.15) is 45.1 Å². The van der Waals surface area contributed by atoms with Crippen molar-refractivity contribution < 1.29 is 42.8 Å². The van der Waals surface area contributed by atoms with Crippen LogP contribution >= 0.6 is 0 Å². The van der Waals surface area contributed by atoms with E-state index in [1.807, 2.05) is 0 Å². The molecule has 0 radical (unpaired) electrons. The summed E-state index contributed by atoms with van der Waals surface area (Å²) in [5.41, 5.74) is -3.76. The normalized spacial score (nSPS) is 18.5. The van der Waals surface area contributed by atoms with E-state index in [4.69, 9.17) is 28.4 Å². The van der Waals surface area contributed by atoms with Gasteiger partial charge in [-0.3, -0.25) is 14.4 Å². The Morgan fingerprint density at radius 2 is 1.12 bits per heavy atom. The van der Waals surface area contributed by atoms with Crippen LogP contribution < -0.4 is 17.1 Å². The van der Waals surface area contributed by atoms with Gasteiger partial charge >= 0.3 is 35.0 Å². The van der Waals surface area contributed by atoms with Gasteiger partial charge in [0, 0.05) is 6.61 Å². The monoisotopic (exact) mass is 473 g/mol. The second kappa shape index (κ2) is 11.0. The summed E-state index contributed by atoms with van der Waals surface area (Å²) in [6, 6.07) is 0. The van der Waals surface area contributed by atoms with Crippen molar-refractivity contribution in [2.24, 2.45) is 0 Å². The molecule has 0 bridgehead atoms. The van der Waals surface area contributed by atoms with E-state index < -0.39 is 61.4 Å². The van der Waals surface area contributed by atoms with Crippen molar-refractivity contribution in [1.82, 2.24) is 13.7 Å². The highest BCUT2D eigenvalue weighted by molar-refractivity contribution is 5.70. The van der Waals surface area contributed by atoms with Crippen LogP contribution in [0.3, 0.4) is 0 Å². The van der Waals surface area contributed by atoms with E-state index in [9.17, 15) is 28.8 Å². The lowest BCUT2D eigenvalue weighted by molar-refractivity contribution is -0.156. The summed E-state index contributed by atoms with van der Waals surface area (Å²) < 4.78 is 30.4. The molecule has 3 rings (SSSR count). The smallest absolute Gasteiger partial charge is 0.337 e. The van der Waals surface area contributed by atoms with Gasteiger partial charge in [-0.2, -0.15) is 0 Å². The fourth-order valence-corrected chi connectivity index (χ4v) is 2.50. The minimum atomic E-state index is -1.26. The summed E-state index contributed by atoms with van der Waals surface area (Å²) in [6.45, 7) is -0.396. The molecule has 0 saturated carbocycles. The molecule has 2 aliphatic heterocycles. The van der Waals surface area contributed by atoms with Crippen LogP contribution in [0.5, 0.6) is 0 Å². The number of esters is 3. The Morgan fingerprint density at radius 3 is 1.45 bits per heavy atom. The molecule has 3 heterocycles. The van der Waals surface area contributed by atoms with Gasteiger partial charge in [0.25, 0.3) is 0 Å². The van der Waals surface area contributed by atoms with Crippen LogP contribution in [0.25, 0.3) is 0 Å². The van der Waals surface area contributed by atoms with Crippen LogP contribution in [-0.2, 0) is 62.4 Å². The second-order valence-corrected chi connectivity index (χ2v) is 7.01. The molecule has 0 amide bonds. The maximum Gasteiger partial charge on any atom is 0.337 e. The number of ether oxygens (including phenoxy) is 6. The van der Waals surface area contributed by atoms with Gasteiger partial charge in [0.05, 0.1) is 13.2 Å². The molecular weight excluding hydrogens is 450 g/mol. The van der Waals surface area contributed by atoms with Crippen LogP contribution in [0.4, 0.5) is 0 Å². The Morgan fingerprint density at radius 1 is 0.758 bits per heavy atom. The maximum absolute atomic E-state index is 12.7. The molecule has 0 N–H and O–H groups in total. The van der Waals surface area contributed by atoms with E-state index in [1.165, 1.54) is 0 Å². The lowest BCUT2D eigenvalue weighted by Crippen LogP contribution is -2.56. The van der Waals surface area contributed by atoms with Gasteiger partial charge in [0.15, 0.2) is 6.79 Å². The van der Waals surface area contributed by atoms with Gasteiger partial charge < -0.3 is 28.4 Å². The maximum atomic E-state index is 12.7. The first-order valence-electron chi connectivity index (χ1n) is 10.0. The van der Waals surface area contributed by atoms with Gasteiger partial charge in [-0.1, -0.05) is 0 Å². The number of epoxide rings is 2. The quantitative estimate of drug-likeness (QED) is 0.0912. The van der Waals surface area contributed by atoms with Crippen molar-refractivity contribution in [3.05, 3.63) is 31.5 Å². The molecule has 0 aliphatic carbocycles. The lowest BCUT2D eigenvalue weighted by atomic mass is 10.5. The topological polar surface area (TPSA) is 179 Å². The third-order valence-electron chi connectivity index (χ3n) is 4.42. The molecule has 2 atom stereocenters. The van der Waals surface area contributed by atoms with Gasteiger partial charge in [0.2, 0.25) is 0 Å². The molecule has 0 aromatic carbocycles. The Kier molecular flexibility index (Phi) is 8.13. The van der Waals surface area contributed by atoms with Crippen molar-refractivity contribution >= 4 is 17.9 Å². The Bertz CT molecular complexity index is 995. The molecule has 1 aromatic rings. The fraction of sp³-hybridized carbons (Fsp3) is 0.667. The zero-order valence-electron chi connectivity index (χ0n) is 17.8. The van der Waals surface area contributed by atoms with E-state index in [0.29, 0.717) is 26.9 Å². The molecule has 2 saturated heterocycles. The molecule has 33 heavy (non-hydrogen) atoms. The van der Waals surface area contributed by atoms with Gasteiger partial charge in [-0.25, -0.2) is 28.1 Å². The minimum absolute atomic E-state index is 0.0687. The number of hydrogen-bond donors (Lipinski definition) is 0. The van der Waals surface area contributed by atoms with E-state index in [2.05, 4.69) is 0 Å².